The van der Waals surface area contributed by atoms with Crippen LogP contribution in [0.5, 0.6) is 5.75 Å². The Morgan fingerprint density at radius 1 is 1.19 bits per heavy atom. The van der Waals surface area contributed by atoms with Crippen LogP contribution >= 0.6 is 11.3 Å². The number of ether oxygens (including phenoxy) is 2. The van der Waals surface area contributed by atoms with E-state index < -0.39 is 0 Å². The fourth-order valence-corrected chi connectivity index (χ4v) is 3.78. The minimum Gasteiger partial charge on any atom is -0.497 e. The predicted molar refractivity (Wildman–Crippen MR) is 105 cm³/mol. The molecule has 0 bridgehead atoms. The van der Waals surface area contributed by atoms with E-state index in [1.54, 1.807) is 20.4 Å². The number of nitrogens with zero attached hydrogens (tertiary/aromatic N) is 3. The van der Waals surface area contributed by atoms with Gasteiger partial charge >= 0.3 is 5.97 Å². The van der Waals surface area contributed by atoms with Crippen LogP contribution < -0.4 is 4.74 Å². The number of esters is 1. The first-order chi connectivity index (χ1) is 13.2. The number of thiazole rings is 1. The Bertz CT molecular complexity index is 1100. The van der Waals surface area contributed by atoms with Crippen LogP contribution in [-0.2, 0) is 4.74 Å². The summed E-state index contributed by atoms with van der Waals surface area (Å²) in [6.45, 7) is 2.10. The van der Waals surface area contributed by atoms with Crippen LogP contribution in [0.1, 0.15) is 16.6 Å². The van der Waals surface area contributed by atoms with Crippen molar-refractivity contribution >= 4 is 28.3 Å². The van der Waals surface area contributed by atoms with Gasteiger partial charge in [-0.1, -0.05) is 41.7 Å². The molecule has 7 heteroatoms. The van der Waals surface area contributed by atoms with Crippen molar-refractivity contribution in [2.75, 3.05) is 13.7 Å². The van der Waals surface area contributed by atoms with Gasteiger partial charge in [-0.15, -0.1) is 0 Å². The summed E-state index contributed by atoms with van der Waals surface area (Å²) < 4.78 is 12.4. The lowest BCUT2D eigenvalue weighted by molar-refractivity contribution is 0.0532. The van der Waals surface area contributed by atoms with E-state index in [-0.39, 0.29) is 5.97 Å². The standard InChI is InChI=1S/C20H17N3O3S/c1-3-26-19(24)18-17(13-7-5-4-6-8-13)22-20(27-18)23-12-21-15-11-14(25-2)9-10-16(15)23/h4-12H,3H2,1-2H3. The molecule has 0 aliphatic carbocycles. The van der Waals surface area contributed by atoms with E-state index >= 15 is 0 Å². The Kier molecular flexibility index (Phi) is 4.60. The van der Waals surface area contributed by atoms with Crippen molar-refractivity contribution in [2.24, 2.45) is 0 Å². The van der Waals surface area contributed by atoms with Gasteiger partial charge in [-0.2, -0.15) is 0 Å². The molecule has 0 saturated heterocycles. The highest BCUT2D eigenvalue weighted by Gasteiger charge is 2.22. The summed E-state index contributed by atoms with van der Waals surface area (Å²) >= 11 is 1.29. The molecule has 0 aliphatic heterocycles. The van der Waals surface area contributed by atoms with Crippen LogP contribution in [0, 0.1) is 0 Å². The lowest BCUT2D eigenvalue weighted by atomic mass is 10.1. The quantitative estimate of drug-likeness (QED) is 0.483. The van der Waals surface area contributed by atoms with Crippen molar-refractivity contribution in [3.05, 3.63) is 59.7 Å². The van der Waals surface area contributed by atoms with Crippen molar-refractivity contribution in [2.45, 2.75) is 6.92 Å². The Hall–Kier alpha value is -3.19. The van der Waals surface area contributed by atoms with E-state index in [9.17, 15) is 4.79 Å². The molecule has 2 aromatic heterocycles. The monoisotopic (exact) mass is 379 g/mol. The van der Waals surface area contributed by atoms with Crippen LogP contribution in [-0.4, -0.2) is 34.2 Å². The number of carbonyl (C=O) groups excluding carboxylic acids is 1. The van der Waals surface area contributed by atoms with Gasteiger partial charge in [0, 0.05) is 11.6 Å². The Labute approximate surface area is 160 Å². The maximum Gasteiger partial charge on any atom is 0.350 e. The number of hydrogen-bond acceptors (Lipinski definition) is 6. The second kappa shape index (κ2) is 7.20. The molecule has 0 aliphatic rings. The van der Waals surface area contributed by atoms with Crippen LogP contribution in [0.15, 0.2) is 54.9 Å². The summed E-state index contributed by atoms with van der Waals surface area (Å²) in [6, 6.07) is 15.3. The number of hydrogen-bond donors (Lipinski definition) is 0. The van der Waals surface area contributed by atoms with E-state index in [1.165, 1.54) is 11.3 Å². The summed E-state index contributed by atoms with van der Waals surface area (Å²) in [5, 5.41) is 0.657. The molecule has 4 aromatic rings. The third-order valence-corrected chi connectivity index (χ3v) is 5.12. The van der Waals surface area contributed by atoms with E-state index in [4.69, 9.17) is 14.5 Å². The third-order valence-electron chi connectivity index (χ3n) is 4.08. The molecular formula is C20H17N3O3S. The fraction of sp³-hybridized carbons (Fsp3) is 0.150. The van der Waals surface area contributed by atoms with Gasteiger partial charge in [0.2, 0.25) is 0 Å². The summed E-state index contributed by atoms with van der Waals surface area (Å²) in [5.41, 5.74) is 3.17. The van der Waals surface area contributed by atoms with Gasteiger partial charge in [0.15, 0.2) is 5.13 Å². The Morgan fingerprint density at radius 3 is 2.74 bits per heavy atom. The molecule has 4 rings (SSSR count). The van der Waals surface area contributed by atoms with Crippen LogP contribution in [0.2, 0.25) is 0 Å². The Balaban J connectivity index is 1.86. The molecule has 0 radical (unpaired) electrons. The van der Waals surface area contributed by atoms with Gasteiger partial charge in [-0.05, 0) is 19.1 Å². The molecule has 0 fully saturated rings. The van der Waals surface area contributed by atoms with Crippen molar-refractivity contribution in [1.82, 2.24) is 14.5 Å². The molecule has 136 valence electrons. The number of rotatable bonds is 5. The van der Waals surface area contributed by atoms with E-state index in [0.717, 1.165) is 22.3 Å². The molecule has 0 atom stereocenters. The van der Waals surface area contributed by atoms with Crippen molar-refractivity contribution in [3.63, 3.8) is 0 Å². The van der Waals surface area contributed by atoms with Crippen LogP contribution in [0.25, 0.3) is 27.4 Å². The van der Waals surface area contributed by atoms with E-state index in [1.807, 2.05) is 53.1 Å². The second-order valence-corrected chi connectivity index (χ2v) is 6.71. The summed E-state index contributed by atoms with van der Waals surface area (Å²) in [7, 11) is 1.62. The largest absolute Gasteiger partial charge is 0.497 e. The highest BCUT2D eigenvalue weighted by atomic mass is 32.1. The van der Waals surface area contributed by atoms with Gasteiger partial charge in [-0.25, -0.2) is 14.8 Å². The zero-order valence-corrected chi connectivity index (χ0v) is 15.7. The van der Waals surface area contributed by atoms with Crippen molar-refractivity contribution in [3.8, 4) is 22.1 Å². The maximum absolute atomic E-state index is 12.5. The average Bonchev–Trinajstić information content (AvgIpc) is 3.32. The highest BCUT2D eigenvalue weighted by Crippen LogP contribution is 2.32. The number of imidazole rings is 1. The zero-order chi connectivity index (χ0) is 18.8. The molecule has 2 heterocycles. The average molecular weight is 379 g/mol. The SMILES string of the molecule is CCOC(=O)c1sc(-n2cnc3cc(OC)ccc32)nc1-c1ccccc1. The fourth-order valence-electron chi connectivity index (χ4n) is 2.81. The van der Waals surface area contributed by atoms with Crippen LogP contribution in [0.3, 0.4) is 0 Å². The molecule has 6 nitrogen and oxygen atoms in total. The minimum atomic E-state index is -0.369. The summed E-state index contributed by atoms with van der Waals surface area (Å²) in [4.78, 5) is 22.1. The topological polar surface area (TPSA) is 66.2 Å². The predicted octanol–water partition coefficient (Wildman–Crippen LogP) is 4.33. The second-order valence-electron chi connectivity index (χ2n) is 5.73. The molecule has 0 amide bonds. The van der Waals surface area contributed by atoms with E-state index in [2.05, 4.69) is 4.98 Å². The first kappa shape index (κ1) is 17.2. The van der Waals surface area contributed by atoms with Crippen molar-refractivity contribution in [1.29, 1.82) is 0 Å². The molecule has 0 saturated carbocycles. The molecule has 0 N–H and O–H groups in total. The summed E-state index contributed by atoms with van der Waals surface area (Å²) in [5.74, 6) is 0.371. The molecular weight excluding hydrogens is 362 g/mol. The van der Waals surface area contributed by atoms with Gasteiger partial charge in [0.1, 0.15) is 17.0 Å². The Morgan fingerprint density at radius 2 is 2.00 bits per heavy atom. The number of benzene rings is 2. The first-order valence-corrected chi connectivity index (χ1v) is 9.27. The van der Waals surface area contributed by atoms with Gasteiger partial charge in [0.25, 0.3) is 0 Å². The molecule has 0 spiro atoms. The minimum absolute atomic E-state index is 0.314. The number of carbonyl (C=O) groups is 1. The van der Waals surface area contributed by atoms with Crippen LogP contribution in [0.4, 0.5) is 0 Å². The normalized spacial score (nSPS) is 10.9. The van der Waals surface area contributed by atoms with Gasteiger partial charge in [-0.3, -0.25) is 4.57 Å². The van der Waals surface area contributed by atoms with Gasteiger partial charge < -0.3 is 9.47 Å². The highest BCUT2D eigenvalue weighted by molar-refractivity contribution is 7.16. The van der Waals surface area contributed by atoms with Gasteiger partial charge in [0.05, 0.1) is 30.4 Å². The lowest BCUT2D eigenvalue weighted by Gasteiger charge is -2.01. The summed E-state index contributed by atoms with van der Waals surface area (Å²) in [6.07, 6.45) is 1.70. The third kappa shape index (κ3) is 3.17. The number of fused-ring (bicyclic) bond motifs is 1. The smallest absolute Gasteiger partial charge is 0.350 e. The zero-order valence-electron chi connectivity index (χ0n) is 14.9. The molecule has 0 unspecified atom stereocenters. The molecule has 27 heavy (non-hydrogen) atoms. The van der Waals surface area contributed by atoms with E-state index in [0.29, 0.717) is 22.3 Å². The lowest BCUT2D eigenvalue weighted by Crippen LogP contribution is -2.03. The maximum atomic E-state index is 12.5. The number of methoxy groups -OCH3 is 1. The number of aromatic nitrogens is 3. The van der Waals surface area contributed by atoms with Crippen molar-refractivity contribution < 1.29 is 14.3 Å². The first-order valence-electron chi connectivity index (χ1n) is 8.46. The molecule has 2 aromatic carbocycles.